The average Bonchev–Trinajstić information content (AvgIpc) is 2.89. The van der Waals surface area contributed by atoms with Crippen molar-refractivity contribution < 1.29 is 9.53 Å². The molecule has 0 unspecified atom stereocenters. The molecule has 0 saturated heterocycles. The minimum atomic E-state index is -0.0350. The smallest absolute Gasteiger partial charge is 0.251 e. The molecule has 0 spiro atoms. The molecule has 0 aliphatic heterocycles. The van der Waals surface area contributed by atoms with E-state index in [0.717, 1.165) is 45.9 Å². The molecule has 3 aromatic rings. The third-order valence-corrected chi connectivity index (χ3v) is 7.11. The molecule has 3 rings (SSSR count). The van der Waals surface area contributed by atoms with E-state index in [0.29, 0.717) is 18.7 Å². The fourth-order valence-corrected chi connectivity index (χ4v) is 4.74. The van der Waals surface area contributed by atoms with Crippen molar-refractivity contribution in [3.63, 3.8) is 0 Å². The van der Waals surface area contributed by atoms with Gasteiger partial charge in [0.15, 0.2) is 0 Å². The number of halogens is 1. The highest BCUT2D eigenvalue weighted by Crippen LogP contribution is 2.23. The molecule has 0 radical (unpaired) electrons. The number of ether oxygens (including phenoxy) is 1. The summed E-state index contributed by atoms with van der Waals surface area (Å²) < 4.78 is 6.64. The van der Waals surface area contributed by atoms with Crippen molar-refractivity contribution in [2.24, 2.45) is 0 Å². The molecule has 0 aliphatic rings. The number of nitrogens with one attached hydrogen (secondary N) is 1. The number of amides is 1. The molecule has 1 N–H and O–H groups in total. The minimum Gasteiger partial charge on any atom is -0.493 e. The first-order chi connectivity index (χ1) is 16.7. The van der Waals surface area contributed by atoms with E-state index in [9.17, 15) is 4.79 Å². The number of hydrogen-bond acceptors (Lipinski definition) is 4. The molecule has 1 amide bonds. The highest BCUT2D eigenvalue weighted by molar-refractivity contribution is 14.1. The molecular formula is C28H31IN2O2S. The predicted octanol–water partition coefficient (Wildman–Crippen LogP) is 6.62. The number of alkyl halides is 1. The molecule has 0 bridgehead atoms. The Morgan fingerprint density at radius 2 is 1.82 bits per heavy atom. The van der Waals surface area contributed by atoms with Gasteiger partial charge in [0.2, 0.25) is 0 Å². The number of hydrogen-bond donors (Lipinski definition) is 1. The van der Waals surface area contributed by atoms with Gasteiger partial charge in [0, 0.05) is 30.2 Å². The van der Waals surface area contributed by atoms with Gasteiger partial charge in [-0.15, -0.1) is 0 Å². The van der Waals surface area contributed by atoms with Crippen molar-refractivity contribution in [1.29, 1.82) is 0 Å². The van der Waals surface area contributed by atoms with Gasteiger partial charge >= 0.3 is 0 Å². The van der Waals surface area contributed by atoms with E-state index in [2.05, 4.69) is 63.7 Å². The highest BCUT2D eigenvalue weighted by atomic mass is 127. The fraction of sp³-hybridized carbons (Fsp3) is 0.250. The number of nitrogens with zero attached hydrogens (tertiary/aromatic N) is 1. The maximum atomic E-state index is 12.6. The summed E-state index contributed by atoms with van der Waals surface area (Å²) in [5.41, 5.74) is 4.12. The second kappa shape index (κ2) is 14.7. The minimum absolute atomic E-state index is 0.0350. The molecule has 4 nitrogen and oxygen atoms in total. The summed E-state index contributed by atoms with van der Waals surface area (Å²) in [5, 5.41) is 3.02. The molecule has 0 aromatic heterocycles. The van der Waals surface area contributed by atoms with Crippen LogP contribution in [0.15, 0.2) is 91.6 Å². The topological polar surface area (TPSA) is 41.6 Å². The fourth-order valence-electron chi connectivity index (χ4n) is 3.34. The second-order valence-corrected chi connectivity index (χ2v) is 9.50. The van der Waals surface area contributed by atoms with Gasteiger partial charge in [-0.3, -0.25) is 4.79 Å². The Morgan fingerprint density at radius 1 is 1.03 bits per heavy atom. The van der Waals surface area contributed by atoms with Crippen molar-refractivity contribution in [1.82, 2.24) is 10.2 Å². The van der Waals surface area contributed by atoms with Crippen LogP contribution in [0.3, 0.4) is 0 Å². The second-order valence-electron chi connectivity index (χ2n) is 7.72. The third-order valence-electron chi connectivity index (χ3n) is 5.24. The Kier molecular flexibility index (Phi) is 11.3. The normalized spacial score (nSPS) is 10.5. The van der Waals surface area contributed by atoms with Gasteiger partial charge in [-0.25, -0.2) is 0 Å². The largest absolute Gasteiger partial charge is 0.493 e. The summed E-state index contributed by atoms with van der Waals surface area (Å²) in [4.78, 5) is 14.7. The molecule has 34 heavy (non-hydrogen) atoms. The lowest BCUT2D eigenvalue weighted by Crippen LogP contribution is -2.27. The van der Waals surface area contributed by atoms with Crippen molar-refractivity contribution >= 4 is 40.3 Å². The Labute approximate surface area is 220 Å². The standard InChI is InChI=1S/C28H31IN2O2S/c1-2-31(22-29)17-7-16-30-28(32)26-9-6-8-25(20-26)24-14-12-23(13-15-24)21-34-19-18-33-27-10-4-3-5-11-27/h2-6,8-15,20H,1,7,16-19,21-22H2,(H,30,32). The first kappa shape index (κ1) is 26.2. The number of thioether (sulfide) groups is 1. The summed E-state index contributed by atoms with van der Waals surface area (Å²) in [7, 11) is 0. The summed E-state index contributed by atoms with van der Waals surface area (Å²) >= 11 is 4.17. The zero-order valence-corrected chi connectivity index (χ0v) is 22.3. The SMILES string of the molecule is C=CN(CI)CCCNC(=O)c1cccc(-c2ccc(CSCCOc3ccccc3)cc2)c1. The van der Waals surface area contributed by atoms with Crippen molar-refractivity contribution in [2.45, 2.75) is 12.2 Å². The summed E-state index contributed by atoms with van der Waals surface area (Å²) in [6.07, 6.45) is 2.72. The predicted molar refractivity (Wildman–Crippen MR) is 153 cm³/mol. The van der Waals surface area contributed by atoms with E-state index in [-0.39, 0.29) is 5.91 Å². The van der Waals surface area contributed by atoms with Crippen LogP contribution in [-0.2, 0) is 5.75 Å². The molecule has 0 saturated carbocycles. The Balaban J connectivity index is 1.44. The van der Waals surface area contributed by atoms with Gasteiger partial charge in [-0.05, 0) is 53.6 Å². The molecule has 0 atom stereocenters. The van der Waals surface area contributed by atoms with E-state index in [1.807, 2.05) is 72.6 Å². The van der Waals surface area contributed by atoms with Gasteiger partial charge in [0.25, 0.3) is 5.91 Å². The van der Waals surface area contributed by atoms with Crippen LogP contribution in [0.1, 0.15) is 22.3 Å². The lowest BCUT2D eigenvalue weighted by atomic mass is 10.0. The van der Waals surface area contributed by atoms with Crippen LogP contribution in [0, 0.1) is 0 Å². The Hall–Kier alpha value is -2.45. The van der Waals surface area contributed by atoms with Crippen LogP contribution >= 0.6 is 34.4 Å². The van der Waals surface area contributed by atoms with Crippen molar-refractivity contribution in [3.05, 3.63) is 103 Å². The number of carbonyl (C=O) groups excluding carboxylic acids is 1. The van der Waals surface area contributed by atoms with E-state index in [1.54, 1.807) is 0 Å². The summed E-state index contributed by atoms with van der Waals surface area (Å²) in [6.45, 7) is 6.03. The zero-order valence-electron chi connectivity index (χ0n) is 19.3. The highest BCUT2D eigenvalue weighted by Gasteiger charge is 2.07. The van der Waals surface area contributed by atoms with Gasteiger partial charge in [-0.1, -0.05) is 83.8 Å². The number of benzene rings is 3. The number of para-hydroxylation sites is 1. The van der Waals surface area contributed by atoms with Crippen molar-refractivity contribution in [2.75, 3.05) is 30.0 Å². The lowest BCUT2D eigenvalue weighted by Gasteiger charge is -2.16. The van der Waals surface area contributed by atoms with E-state index >= 15 is 0 Å². The molecule has 0 aliphatic carbocycles. The maximum Gasteiger partial charge on any atom is 0.251 e. The van der Waals surface area contributed by atoms with Crippen LogP contribution in [0.4, 0.5) is 0 Å². The van der Waals surface area contributed by atoms with Crippen LogP contribution in [-0.4, -0.2) is 40.8 Å². The monoisotopic (exact) mass is 586 g/mol. The Morgan fingerprint density at radius 3 is 2.56 bits per heavy atom. The third kappa shape index (κ3) is 8.72. The van der Waals surface area contributed by atoms with Gasteiger partial charge < -0.3 is 15.0 Å². The molecular weight excluding hydrogens is 555 g/mol. The summed E-state index contributed by atoms with van der Waals surface area (Å²) in [5.74, 6) is 2.77. The first-order valence-electron chi connectivity index (χ1n) is 11.4. The van der Waals surface area contributed by atoms with Crippen LogP contribution in [0.2, 0.25) is 0 Å². The quantitative estimate of drug-likeness (QED) is 0.0998. The average molecular weight is 587 g/mol. The lowest BCUT2D eigenvalue weighted by molar-refractivity contribution is 0.0952. The number of carbonyl (C=O) groups is 1. The summed E-state index contributed by atoms with van der Waals surface area (Å²) in [6, 6.07) is 26.3. The van der Waals surface area contributed by atoms with Gasteiger partial charge in [-0.2, -0.15) is 11.8 Å². The molecule has 0 fully saturated rings. The van der Waals surface area contributed by atoms with Crippen LogP contribution in [0.5, 0.6) is 5.75 Å². The Bertz CT molecular complexity index is 1030. The zero-order chi connectivity index (χ0) is 24.0. The van der Waals surface area contributed by atoms with E-state index in [1.165, 1.54) is 5.56 Å². The van der Waals surface area contributed by atoms with Crippen LogP contribution < -0.4 is 10.1 Å². The molecule has 178 valence electrons. The van der Waals surface area contributed by atoms with Crippen LogP contribution in [0.25, 0.3) is 11.1 Å². The molecule has 0 heterocycles. The molecule has 3 aromatic carbocycles. The molecule has 6 heteroatoms. The van der Waals surface area contributed by atoms with E-state index < -0.39 is 0 Å². The van der Waals surface area contributed by atoms with Crippen molar-refractivity contribution in [3.8, 4) is 16.9 Å². The number of rotatable bonds is 14. The van der Waals surface area contributed by atoms with Gasteiger partial charge in [0.05, 0.1) is 11.2 Å². The first-order valence-corrected chi connectivity index (χ1v) is 14.0. The van der Waals surface area contributed by atoms with Gasteiger partial charge in [0.1, 0.15) is 5.75 Å². The maximum absolute atomic E-state index is 12.6. The van der Waals surface area contributed by atoms with E-state index in [4.69, 9.17) is 4.74 Å².